The number of para-hydroxylation sites is 2. The highest BCUT2D eigenvalue weighted by atomic mass is 16.5. The summed E-state index contributed by atoms with van der Waals surface area (Å²) in [7, 11) is 1.58. The van der Waals surface area contributed by atoms with Gasteiger partial charge in [-0.1, -0.05) is 12.1 Å². The van der Waals surface area contributed by atoms with Gasteiger partial charge in [0, 0.05) is 13.7 Å². The Kier molecular flexibility index (Phi) is 6.51. The van der Waals surface area contributed by atoms with E-state index < -0.39 is 0 Å². The molecule has 2 N–H and O–H groups in total. The maximum atomic E-state index is 11.9. The van der Waals surface area contributed by atoms with Crippen molar-refractivity contribution >= 4 is 17.4 Å². The first-order chi connectivity index (χ1) is 11.6. The van der Waals surface area contributed by atoms with E-state index in [1.165, 1.54) is 12.4 Å². The van der Waals surface area contributed by atoms with Crippen LogP contribution in [0.25, 0.3) is 0 Å². The molecule has 0 aliphatic heterocycles. The molecular formula is C17H22N4O3. The maximum Gasteiger partial charge on any atom is 0.271 e. The number of benzene rings is 1. The maximum absolute atomic E-state index is 11.9. The normalized spacial score (nSPS) is 10.5. The Bertz CT molecular complexity index is 659. The Labute approximate surface area is 141 Å². The minimum Gasteiger partial charge on any atom is -0.489 e. The topological polar surface area (TPSA) is 85.4 Å². The Balaban J connectivity index is 2.03. The third-order valence-corrected chi connectivity index (χ3v) is 2.99. The van der Waals surface area contributed by atoms with Crippen molar-refractivity contribution in [2.75, 3.05) is 25.6 Å². The second-order valence-corrected chi connectivity index (χ2v) is 5.32. The first-order valence-electron chi connectivity index (χ1n) is 7.72. The lowest BCUT2D eigenvalue weighted by Crippen LogP contribution is -2.27. The molecule has 1 aromatic heterocycles. The predicted octanol–water partition coefficient (Wildman–Crippen LogP) is 2.38. The number of amides is 1. The zero-order valence-corrected chi connectivity index (χ0v) is 14.1. The van der Waals surface area contributed by atoms with Crippen LogP contribution in [0.2, 0.25) is 0 Å². The fourth-order valence-electron chi connectivity index (χ4n) is 1.93. The molecule has 0 fully saturated rings. The predicted molar refractivity (Wildman–Crippen MR) is 91.7 cm³/mol. The molecule has 0 saturated carbocycles. The molecule has 1 heterocycles. The van der Waals surface area contributed by atoms with Crippen molar-refractivity contribution in [3.63, 3.8) is 0 Å². The van der Waals surface area contributed by atoms with Gasteiger partial charge in [0.15, 0.2) is 0 Å². The summed E-state index contributed by atoms with van der Waals surface area (Å²) in [5.41, 5.74) is 1.04. The van der Waals surface area contributed by atoms with Crippen LogP contribution < -0.4 is 15.4 Å². The van der Waals surface area contributed by atoms with Crippen LogP contribution in [-0.4, -0.2) is 42.2 Å². The van der Waals surface area contributed by atoms with Crippen molar-refractivity contribution in [3.05, 3.63) is 42.4 Å². The minimum atomic E-state index is -0.283. The summed E-state index contributed by atoms with van der Waals surface area (Å²) in [5, 5.41) is 5.84. The van der Waals surface area contributed by atoms with Gasteiger partial charge in [-0.15, -0.1) is 0 Å². The highest BCUT2D eigenvalue weighted by molar-refractivity contribution is 5.92. The van der Waals surface area contributed by atoms with E-state index in [2.05, 4.69) is 20.6 Å². The Morgan fingerprint density at radius 1 is 1.21 bits per heavy atom. The van der Waals surface area contributed by atoms with E-state index >= 15 is 0 Å². The van der Waals surface area contributed by atoms with Crippen LogP contribution in [0.5, 0.6) is 5.75 Å². The number of aromatic nitrogens is 2. The molecule has 24 heavy (non-hydrogen) atoms. The summed E-state index contributed by atoms with van der Waals surface area (Å²) in [5.74, 6) is 0.980. The van der Waals surface area contributed by atoms with E-state index in [1.54, 1.807) is 7.11 Å². The average molecular weight is 330 g/mol. The number of carbonyl (C=O) groups excluding carboxylic acids is 1. The number of nitrogens with zero attached hydrogens (tertiary/aromatic N) is 2. The molecule has 7 nitrogen and oxygen atoms in total. The SMILES string of the molecule is COCCNC(=O)c1cnc(Nc2ccccc2OC(C)C)cn1. The monoisotopic (exact) mass is 330 g/mol. The molecule has 2 aromatic rings. The zero-order valence-electron chi connectivity index (χ0n) is 14.1. The quantitative estimate of drug-likeness (QED) is 0.723. The van der Waals surface area contributed by atoms with Gasteiger partial charge in [0.05, 0.1) is 30.8 Å². The van der Waals surface area contributed by atoms with Crippen LogP contribution in [-0.2, 0) is 4.74 Å². The van der Waals surface area contributed by atoms with E-state index in [0.29, 0.717) is 19.0 Å². The lowest BCUT2D eigenvalue weighted by molar-refractivity contribution is 0.0932. The molecule has 1 amide bonds. The fraction of sp³-hybridized carbons (Fsp3) is 0.353. The van der Waals surface area contributed by atoms with Crippen molar-refractivity contribution in [2.45, 2.75) is 20.0 Å². The summed E-state index contributed by atoms with van der Waals surface area (Å²) < 4.78 is 10.6. The van der Waals surface area contributed by atoms with Gasteiger partial charge in [-0.3, -0.25) is 4.79 Å². The fourth-order valence-corrected chi connectivity index (χ4v) is 1.93. The van der Waals surface area contributed by atoms with Crippen LogP contribution in [0.4, 0.5) is 11.5 Å². The molecule has 0 radical (unpaired) electrons. The summed E-state index contributed by atoms with van der Waals surface area (Å²) in [6.45, 7) is 4.81. The van der Waals surface area contributed by atoms with Crippen molar-refractivity contribution in [1.82, 2.24) is 15.3 Å². The molecule has 0 spiro atoms. The number of carbonyl (C=O) groups is 1. The first-order valence-corrected chi connectivity index (χ1v) is 7.72. The number of hydrogen-bond donors (Lipinski definition) is 2. The number of rotatable bonds is 8. The Hall–Kier alpha value is -2.67. The summed E-state index contributed by atoms with van der Waals surface area (Å²) >= 11 is 0. The van der Waals surface area contributed by atoms with Gasteiger partial charge >= 0.3 is 0 Å². The lowest BCUT2D eigenvalue weighted by atomic mass is 10.3. The largest absolute Gasteiger partial charge is 0.489 e. The molecule has 1 aromatic carbocycles. The van der Waals surface area contributed by atoms with Crippen LogP contribution in [0.3, 0.4) is 0 Å². The van der Waals surface area contributed by atoms with Crippen molar-refractivity contribution in [2.24, 2.45) is 0 Å². The lowest BCUT2D eigenvalue weighted by Gasteiger charge is -2.15. The van der Waals surface area contributed by atoms with Crippen LogP contribution in [0, 0.1) is 0 Å². The van der Waals surface area contributed by atoms with E-state index in [9.17, 15) is 4.79 Å². The summed E-state index contributed by atoms with van der Waals surface area (Å²) in [6, 6.07) is 7.58. The molecule has 128 valence electrons. The highest BCUT2D eigenvalue weighted by Crippen LogP contribution is 2.27. The molecule has 0 saturated heterocycles. The number of anilines is 2. The van der Waals surface area contributed by atoms with Gasteiger partial charge < -0.3 is 20.1 Å². The molecule has 0 aliphatic carbocycles. The minimum absolute atomic E-state index is 0.0669. The van der Waals surface area contributed by atoms with Crippen molar-refractivity contribution in [1.29, 1.82) is 0 Å². The second kappa shape index (κ2) is 8.83. The molecule has 2 rings (SSSR count). The molecular weight excluding hydrogens is 308 g/mol. The van der Waals surface area contributed by atoms with E-state index in [-0.39, 0.29) is 17.7 Å². The third kappa shape index (κ3) is 5.20. The third-order valence-electron chi connectivity index (χ3n) is 2.99. The van der Waals surface area contributed by atoms with Crippen molar-refractivity contribution in [3.8, 4) is 5.75 Å². The second-order valence-electron chi connectivity index (χ2n) is 5.32. The zero-order chi connectivity index (χ0) is 17.4. The highest BCUT2D eigenvalue weighted by Gasteiger charge is 2.09. The molecule has 0 atom stereocenters. The number of methoxy groups -OCH3 is 1. The standard InChI is InChI=1S/C17H22N4O3/c1-12(2)24-15-7-5-4-6-13(15)21-16-11-19-14(10-20-16)17(22)18-8-9-23-3/h4-7,10-12H,8-9H2,1-3H3,(H,18,22)(H,20,21). The van der Waals surface area contributed by atoms with Gasteiger partial charge in [0.2, 0.25) is 0 Å². The number of hydrogen-bond acceptors (Lipinski definition) is 6. The number of ether oxygens (including phenoxy) is 2. The molecule has 7 heteroatoms. The molecule has 0 aliphatic rings. The van der Waals surface area contributed by atoms with Gasteiger partial charge in [0.25, 0.3) is 5.91 Å². The van der Waals surface area contributed by atoms with Crippen LogP contribution in [0.1, 0.15) is 24.3 Å². The van der Waals surface area contributed by atoms with E-state index in [4.69, 9.17) is 9.47 Å². The van der Waals surface area contributed by atoms with Crippen molar-refractivity contribution < 1.29 is 14.3 Å². The van der Waals surface area contributed by atoms with E-state index in [0.717, 1.165) is 11.4 Å². The smallest absolute Gasteiger partial charge is 0.271 e. The van der Waals surface area contributed by atoms with E-state index in [1.807, 2.05) is 38.1 Å². The average Bonchev–Trinajstić information content (AvgIpc) is 2.57. The van der Waals surface area contributed by atoms with Crippen LogP contribution >= 0.6 is 0 Å². The van der Waals surface area contributed by atoms with Gasteiger partial charge in [0.1, 0.15) is 17.3 Å². The number of nitrogens with one attached hydrogen (secondary N) is 2. The Morgan fingerprint density at radius 3 is 2.67 bits per heavy atom. The van der Waals surface area contributed by atoms with Gasteiger partial charge in [-0.25, -0.2) is 9.97 Å². The van der Waals surface area contributed by atoms with Gasteiger partial charge in [-0.2, -0.15) is 0 Å². The summed E-state index contributed by atoms with van der Waals surface area (Å²) in [6.07, 6.45) is 3.01. The first kappa shape index (κ1) is 17.7. The molecule has 0 bridgehead atoms. The molecule has 0 unspecified atom stereocenters. The van der Waals surface area contributed by atoms with Crippen LogP contribution in [0.15, 0.2) is 36.7 Å². The van der Waals surface area contributed by atoms with Gasteiger partial charge in [-0.05, 0) is 26.0 Å². The Morgan fingerprint density at radius 2 is 2.00 bits per heavy atom. The summed E-state index contributed by atoms with van der Waals surface area (Å²) in [4.78, 5) is 20.2.